The Bertz CT molecular complexity index is 555. The lowest BCUT2D eigenvalue weighted by Gasteiger charge is -2.10. The Labute approximate surface area is 99.1 Å². The predicted octanol–water partition coefficient (Wildman–Crippen LogP) is 3.32. The van der Waals surface area contributed by atoms with Crippen LogP contribution in [0.5, 0.6) is 0 Å². The molecule has 0 amide bonds. The van der Waals surface area contributed by atoms with Gasteiger partial charge in [-0.25, -0.2) is 4.39 Å². The number of aromatic nitrogens is 1. The smallest absolute Gasteiger partial charge is 0.151 e. The fourth-order valence-corrected chi connectivity index (χ4v) is 2.02. The Kier molecular flexibility index (Phi) is 3.00. The molecule has 0 bridgehead atoms. The van der Waals surface area contributed by atoms with Gasteiger partial charge in [0.2, 0.25) is 0 Å². The first-order valence-electron chi connectivity index (χ1n) is 5.29. The summed E-state index contributed by atoms with van der Waals surface area (Å²) in [5.74, 6) is -0.247. The van der Waals surface area contributed by atoms with Crippen LogP contribution in [0.2, 0.25) is 0 Å². The molecule has 0 aliphatic carbocycles. The van der Waals surface area contributed by atoms with E-state index in [1.807, 2.05) is 13.8 Å². The quantitative estimate of drug-likeness (QED) is 0.739. The first kappa shape index (κ1) is 11.5. The molecule has 0 saturated heterocycles. The Hall–Kier alpha value is -2.03. The summed E-state index contributed by atoms with van der Waals surface area (Å²) in [4.78, 5) is 14.7. The summed E-state index contributed by atoms with van der Waals surface area (Å²) < 4.78 is 13.2. The zero-order chi connectivity index (χ0) is 12.4. The van der Waals surface area contributed by atoms with Crippen molar-refractivity contribution in [2.45, 2.75) is 13.8 Å². The standard InChI is InChI=1S/C14H12FNO/c1-9-3-13(15)4-10(2)14(9)12-5-11(8-17)6-16-7-12/h3-8H,1-2H3. The van der Waals surface area contributed by atoms with Gasteiger partial charge < -0.3 is 0 Å². The van der Waals surface area contributed by atoms with Gasteiger partial charge in [-0.3, -0.25) is 9.78 Å². The summed E-state index contributed by atoms with van der Waals surface area (Å²) >= 11 is 0. The van der Waals surface area contributed by atoms with Crippen molar-refractivity contribution in [3.05, 3.63) is 53.1 Å². The zero-order valence-corrected chi connectivity index (χ0v) is 9.70. The van der Waals surface area contributed by atoms with Crippen LogP contribution < -0.4 is 0 Å². The Morgan fingerprint density at radius 3 is 2.35 bits per heavy atom. The lowest BCUT2D eigenvalue weighted by Crippen LogP contribution is -1.92. The van der Waals surface area contributed by atoms with E-state index in [0.29, 0.717) is 5.56 Å². The van der Waals surface area contributed by atoms with Crippen LogP contribution in [0.1, 0.15) is 21.5 Å². The SMILES string of the molecule is Cc1cc(F)cc(C)c1-c1cncc(C=O)c1. The van der Waals surface area contributed by atoms with Crippen LogP contribution in [0.15, 0.2) is 30.6 Å². The highest BCUT2D eigenvalue weighted by Gasteiger charge is 2.08. The number of aldehydes is 1. The highest BCUT2D eigenvalue weighted by molar-refractivity contribution is 5.79. The van der Waals surface area contributed by atoms with Gasteiger partial charge in [0.15, 0.2) is 6.29 Å². The Balaban J connectivity index is 2.63. The minimum absolute atomic E-state index is 0.247. The maximum atomic E-state index is 13.2. The van der Waals surface area contributed by atoms with Crippen LogP contribution in [0.3, 0.4) is 0 Å². The number of pyridine rings is 1. The van der Waals surface area contributed by atoms with Gasteiger partial charge in [-0.15, -0.1) is 0 Å². The van der Waals surface area contributed by atoms with Crippen molar-refractivity contribution < 1.29 is 9.18 Å². The van der Waals surface area contributed by atoms with Gasteiger partial charge in [0.05, 0.1) is 0 Å². The van der Waals surface area contributed by atoms with E-state index < -0.39 is 0 Å². The highest BCUT2D eigenvalue weighted by Crippen LogP contribution is 2.27. The average Bonchev–Trinajstić information content (AvgIpc) is 2.28. The summed E-state index contributed by atoms with van der Waals surface area (Å²) in [7, 11) is 0. The molecule has 0 spiro atoms. The molecule has 0 aliphatic heterocycles. The van der Waals surface area contributed by atoms with Gasteiger partial charge in [-0.1, -0.05) is 0 Å². The van der Waals surface area contributed by atoms with E-state index in [4.69, 9.17) is 0 Å². The number of hydrogen-bond donors (Lipinski definition) is 0. The van der Waals surface area contributed by atoms with E-state index in [1.165, 1.54) is 18.3 Å². The minimum atomic E-state index is -0.247. The van der Waals surface area contributed by atoms with Crippen molar-refractivity contribution in [2.24, 2.45) is 0 Å². The minimum Gasteiger partial charge on any atom is -0.298 e. The van der Waals surface area contributed by atoms with Gasteiger partial charge in [-0.2, -0.15) is 0 Å². The zero-order valence-electron chi connectivity index (χ0n) is 9.70. The van der Waals surface area contributed by atoms with Crippen LogP contribution in [-0.2, 0) is 0 Å². The number of aryl methyl sites for hydroxylation is 2. The number of nitrogens with zero attached hydrogens (tertiary/aromatic N) is 1. The third kappa shape index (κ3) is 2.23. The Morgan fingerprint density at radius 1 is 1.12 bits per heavy atom. The molecule has 86 valence electrons. The molecule has 1 aromatic heterocycles. The molecule has 17 heavy (non-hydrogen) atoms. The molecular formula is C14H12FNO. The largest absolute Gasteiger partial charge is 0.298 e. The summed E-state index contributed by atoms with van der Waals surface area (Å²) in [5.41, 5.74) is 3.97. The molecule has 0 radical (unpaired) electrons. The Morgan fingerprint density at radius 2 is 1.76 bits per heavy atom. The molecule has 0 saturated carbocycles. The maximum absolute atomic E-state index is 13.2. The number of carbonyl (C=O) groups excluding carboxylic acids is 1. The number of rotatable bonds is 2. The fraction of sp³-hybridized carbons (Fsp3) is 0.143. The molecular weight excluding hydrogens is 217 g/mol. The van der Waals surface area contributed by atoms with Crippen molar-refractivity contribution in [2.75, 3.05) is 0 Å². The van der Waals surface area contributed by atoms with Crippen LogP contribution in [0, 0.1) is 19.7 Å². The lowest BCUT2D eigenvalue weighted by molar-refractivity contribution is 0.112. The van der Waals surface area contributed by atoms with Gasteiger partial charge in [-0.05, 0) is 48.7 Å². The van der Waals surface area contributed by atoms with Crippen LogP contribution in [-0.4, -0.2) is 11.3 Å². The van der Waals surface area contributed by atoms with Crippen molar-refractivity contribution in [1.82, 2.24) is 4.98 Å². The van der Waals surface area contributed by atoms with E-state index >= 15 is 0 Å². The highest BCUT2D eigenvalue weighted by atomic mass is 19.1. The van der Waals surface area contributed by atoms with E-state index in [1.54, 1.807) is 12.3 Å². The third-order valence-corrected chi connectivity index (χ3v) is 2.68. The van der Waals surface area contributed by atoms with Gasteiger partial charge in [0.1, 0.15) is 5.82 Å². The van der Waals surface area contributed by atoms with E-state index in [9.17, 15) is 9.18 Å². The van der Waals surface area contributed by atoms with Crippen LogP contribution in [0.25, 0.3) is 11.1 Å². The molecule has 0 atom stereocenters. The van der Waals surface area contributed by atoms with Crippen molar-refractivity contribution >= 4 is 6.29 Å². The number of benzene rings is 1. The topological polar surface area (TPSA) is 30.0 Å². The lowest BCUT2D eigenvalue weighted by atomic mass is 9.96. The number of halogens is 1. The number of hydrogen-bond acceptors (Lipinski definition) is 2. The fourth-order valence-electron chi connectivity index (χ4n) is 2.02. The molecule has 0 aliphatic rings. The summed E-state index contributed by atoms with van der Waals surface area (Å²) in [5, 5.41) is 0. The summed E-state index contributed by atoms with van der Waals surface area (Å²) in [6, 6.07) is 4.72. The molecule has 1 aromatic carbocycles. The second kappa shape index (κ2) is 4.45. The molecule has 3 heteroatoms. The number of carbonyl (C=O) groups is 1. The van der Waals surface area contributed by atoms with Gasteiger partial charge in [0, 0.05) is 23.5 Å². The van der Waals surface area contributed by atoms with Crippen molar-refractivity contribution in [3.63, 3.8) is 0 Å². The van der Waals surface area contributed by atoms with Crippen LogP contribution >= 0.6 is 0 Å². The second-order valence-corrected chi connectivity index (χ2v) is 4.04. The van der Waals surface area contributed by atoms with Crippen molar-refractivity contribution in [3.8, 4) is 11.1 Å². The predicted molar refractivity (Wildman–Crippen MR) is 64.5 cm³/mol. The molecule has 0 unspecified atom stereocenters. The summed E-state index contributed by atoms with van der Waals surface area (Å²) in [6.07, 6.45) is 3.94. The molecule has 0 N–H and O–H groups in total. The molecule has 2 nitrogen and oxygen atoms in total. The van der Waals surface area contributed by atoms with Gasteiger partial charge >= 0.3 is 0 Å². The first-order valence-corrected chi connectivity index (χ1v) is 5.29. The normalized spacial score (nSPS) is 10.3. The summed E-state index contributed by atoms with van der Waals surface area (Å²) in [6.45, 7) is 3.69. The first-order chi connectivity index (χ1) is 8.11. The van der Waals surface area contributed by atoms with E-state index in [-0.39, 0.29) is 5.82 Å². The molecule has 1 heterocycles. The van der Waals surface area contributed by atoms with Gasteiger partial charge in [0.25, 0.3) is 0 Å². The van der Waals surface area contributed by atoms with Crippen LogP contribution in [0.4, 0.5) is 4.39 Å². The average molecular weight is 229 g/mol. The monoisotopic (exact) mass is 229 g/mol. The van der Waals surface area contributed by atoms with E-state index in [2.05, 4.69) is 4.98 Å². The third-order valence-electron chi connectivity index (χ3n) is 2.68. The molecule has 2 rings (SSSR count). The second-order valence-electron chi connectivity index (χ2n) is 4.04. The molecule has 2 aromatic rings. The molecule has 0 fully saturated rings. The van der Waals surface area contributed by atoms with Crippen molar-refractivity contribution in [1.29, 1.82) is 0 Å². The maximum Gasteiger partial charge on any atom is 0.151 e. The van der Waals surface area contributed by atoms with E-state index in [0.717, 1.165) is 28.5 Å².